The fourth-order valence-corrected chi connectivity index (χ4v) is 2.41. The standard InChI is InChI=1S/C12H14N4O3S/c1-2-9-11(12(18)19)14-15-16(9)7-10(17)13-6-8-4-3-5-20-8/h3-5H,2,6-7H2,1H3,(H,13,17)(H,18,19). The van der Waals surface area contributed by atoms with E-state index in [1.165, 1.54) is 4.68 Å². The average Bonchev–Trinajstić information content (AvgIpc) is 3.05. The number of rotatable bonds is 6. The number of carbonyl (C=O) groups is 2. The number of nitrogens with one attached hydrogen (secondary N) is 1. The molecular weight excluding hydrogens is 280 g/mol. The Labute approximate surface area is 119 Å². The van der Waals surface area contributed by atoms with Crippen LogP contribution >= 0.6 is 11.3 Å². The van der Waals surface area contributed by atoms with E-state index >= 15 is 0 Å². The van der Waals surface area contributed by atoms with Gasteiger partial charge in [0.1, 0.15) is 6.54 Å². The third-order valence-corrected chi connectivity index (χ3v) is 3.58. The SMILES string of the molecule is CCc1c(C(=O)O)nnn1CC(=O)NCc1cccs1. The number of hydrogen-bond donors (Lipinski definition) is 2. The highest BCUT2D eigenvalue weighted by molar-refractivity contribution is 7.09. The number of carbonyl (C=O) groups excluding carboxylic acids is 1. The normalized spacial score (nSPS) is 10.4. The van der Waals surface area contributed by atoms with Crippen LogP contribution in [0.2, 0.25) is 0 Å². The maximum atomic E-state index is 11.8. The molecule has 0 aliphatic rings. The minimum absolute atomic E-state index is 0.0329. The van der Waals surface area contributed by atoms with Crippen molar-refractivity contribution in [2.45, 2.75) is 26.4 Å². The van der Waals surface area contributed by atoms with E-state index in [-0.39, 0.29) is 18.1 Å². The van der Waals surface area contributed by atoms with Gasteiger partial charge in [-0.3, -0.25) is 4.79 Å². The Kier molecular flexibility index (Phi) is 4.46. The molecule has 0 aliphatic carbocycles. The predicted octanol–water partition coefficient (Wildman–Crippen LogP) is 0.917. The number of aromatic carboxylic acids is 1. The van der Waals surface area contributed by atoms with Gasteiger partial charge in [-0.1, -0.05) is 18.2 Å². The first-order valence-electron chi connectivity index (χ1n) is 6.06. The third-order valence-electron chi connectivity index (χ3n) is 2.71. The third kappa shape index (κ3) is 3.21. The number of hydrogen-bond acceptors (Lipinski definition) is 5. The summed E-state index contributed by atoms with van der Waals surface area (Å²) < 4.78 is 1.33. The maximum absolute atomic E-state index is 11.8. The summed E-state index contributed by atoms with van der Waals surface area (Å²) in [4.78, 5) is 23.8. The molecule has 2 heterocycles. The summed E-state index contributed by atoms with van der Waals surface area (Å²) in [6, 6.07) is 3.85. The second-order valence-electron chi connectivity index (χ2n) is 4.06. The summed E-state index contributed by atoms with van der Waals surface area (Å²) in [5, 5.41) is 21.0. The molecule has 20 heavy (non-hydrogen) atoms. The van der Waals surface area contributed by atoms with Crippen LogP contribution in [0, 0.1) is 0 Å². The summed E-state index contributed by atoms with van der Waals surface area (Å²) in [7, 11) is 0. The van der Waals surface area contributed by atoms with Gasteiger partial charge in [0.05, 0.1) is 12.2 Å². The van der Waals surface area contributed by atoms with Gasteiger partial charge in [0.15, 0.2) is 5.69 Å². The van der Waals surface area contributed by atoms with E-state index in [1.54, 1.807) is 18.3 Å². The Hall–Kier alpha value is -2.22. The average molecular weight is 294 g/mol. The molecule has 0 saturated carbocycles. The molecule has 8 heteroatoms. The number of aromatic nitrogens is 3. The zero-order chi connectivity index (χ0) is 14.5. The number of carboxylic acid groups (broad SMARTS) is 1. The Balaban J connectivity index is 1.99. The summed E-state index contributed by atoms with van der Waals surface area (Å²) >= 11 is 1.56. The van der Waals surface area contributed by atoms with Gasteiger partial charge < -0.3 is 10.4 Å². The monoisotopic (exact) mass is 294 g/mol. The highest BCUT2D eigenvalue weighted by atomic mass is 32.1. The molecule has 0 unspecified atom stereocenters. The molecule has 2 rings (SSSR count). The molecule has 0 radical (unpaired) electrons. The second kappa shape index (κ2) is 6.29. The van der Waals surface area contributed by atoms with Crippen LogP contribution in [0.3, 0.4) is 0 Å². The van der Waals surface area contributed by atoms with Gasteiger partial charge in [-0.15, -0.1) is 16.4 Å². The van der Waals surface area contributed by atoms with Gasteiger partial charge in [-0.25, -0.2) is 9.48 Å². The molecule has 0 aromatic carbocycles. The number of amides is 1. The highest BCUT2D eigenvalue weighted by Crippen LogP contribution is 2.08. The summed E-state index contributed by atoms with van der Waals surface area (Å²) in [6.07, 6.45) is 0.451. The van der Waals surface area contributed by atoms with Crippen molar-refractivity contribution in [2.75, 3.05) is 0 Å². The van der Waals surface area contributed by atoms with Crippen molar-refractivity contribution in [2.24, 2.45) is 0 Å². The maximum Gasteiger partial charge on any atom is 0.358 e. The lowest BCUT2D eigenvalue weighted by Crippen LogP contribution is -2.28. The van der Waals surface area contributed by atoms with Crippen LogP contribution in [0.25, 0.3) is 0 Å². The van der Waals surface area contributed by atoms with Gasteiger partial charge >= 0.3 is 5.97 Å². The molecule has 2 N–H and O–H groups in total. The molecule has 7 nitrogen and oxygen atoms in total. The molecule has 0 saturated heterocycles. The Morgan fingerprint density at radius 3 is 2.90 bits per heavy atom. The quantitative estimate of drug-likeness (QED) is 0.825. The zero-order valence-corrected chi connectivity index (χ0v) is 11.7. The van der Waals surface area contributed by atoms with E-state index in [2.05, 4.69) is 15.6 Å². The lowest BCUT2D eigenvalue weighted by Gasteiger charge is -2.06. The van der Waals surface area contributed by atoms with E-state index in [1.807, 2.05) is 17.5 Å². The summed E-state index contributed by atoms with van der Waals surface area (Å²) in [5.41, 5.74) is 0.349. The van der Waals surface area contributed by atoms with Crippen molar-refractivity contribution in [3.63, 3.8) is 0 Å². The minimum atomic E-state index is -1.13. The summed E-state index contributed by atoms with van der Waals surface area (Å²) in [5.74, 6) is -1.36. The molecule has 0 fully saturated rings. The fourth-order valence-electron chi connectivity index (χ4n) is 1.77. The van der Waals surface area contributed by atoms with Crippen molar-refractivity contribution < 1.29 is 14.7 Å². The summed E-state index contributed by atoms with van der Waals surface area (Å²) in [6.45, 7) is 2.22. The molecule has 1 amide bonds. The number of carboxylic acids is 1. The van der Waals surface area contributed by atoms with Gasteiger partial charge in [0, 0.05) is 4.88 Å². The van der Waals surface area contributed by atoms with Crippen LogP contribution in [0.1, 0.15) is 28.0 Å². The smallest absolute Gasteiger partial charge is 0.358 e. The second-order valence-corrected chi connectivity index (χ2v) is 5.09. The van der Waals surface area contributed by atoms with E-state index in [9.17, 15) is 9.59 Å². The van der Waals surface area contributed by atoms with Crippen LogP contribution in [0.5, 0.6) is 0 Å². The molecule has 0 aliphatic heterocycles. The molecule has 2 aromatic rings. The predicted molar refractivity (Wildman–Crippen MR) is 72.5 cm³/mol. The molecular formula is C12H14N4O3S. The fraction of sp³-hybridized carbons (Fsp3) is 0.333. The van der Waals surface area contributed by atoms with E-state index in [4.69, 9.17) is 5.11 Å². The van der Waals surface area contributed by atoms with Gasteiger partial charge in [0.2, 0.25) is 5.91 Å². The van der Waals surface area contributed by atoms with Crippen molar-refractivity contribution in [3.05, 3.63) is 33.8 Å². The van der Waals surface area contributed by atoms with E-state index in [0.717, 1.165) is 4.88 Å². The molecule has 2 aromatic heterocycles. The van der Waals surface area contributed by atoms with Gasteiger partial charge in [-0.05, 0) is 17.9 Å². The van der Waals surface area contributed by atoms with Crippen LogP contribution in [-0.2, 0) is 24.3 Å². The zero-order valence-electron chi connectivity index (χ0n) is 10.9. The van der Waals surface area contributed by atoms with E-state index < -0.39 is 5.97 Å². The number of nitrogens with zero attached hydrogens (tertiary/aromatic N) is 3. The molecule has 0 spiro atoms. The topological polar surface area (TPSA) is 97.1 Å². The molecule has 0 atom stereocenters. The van der Waals surface area contributed by atoms with Crippen LogP contribution in [0.15, 0.2) is 17.5 Å². The molecule has 106 valence electrons. The Morgan fingerprint density at radius 2 is 2.30 bits per heavy atom. The lowest BCUT2D eigenvalue weighted by molar-refractivity contribution is -0.122. The Morgan fingerprint density at radius 1 is 1.50 bits per heavy atom. The van der Waals surface area contributed by atoms with Crippen molar-refractivity contribution in [3.8, 4) is 0 Å². The van der Waals surface area contributed by atoms with Crippen LogP contribution in [0.4, 0.5) is 0 Å². The van der Waals surface area contributed by atoms with Gasteiger partial charge in [-0.2, -0.15) is 0 Å². The molecule has 0 bridgehead atoms. The first-order chi connectivity index (χ1) is 9.61. The highest BCUT2D eigenvalue weighted by Gasteiger charge is 2.18. The Bertz CT molecular complexity index is 606. The van der Waals surface area contributed by atoms with Gasteiger partial charge in [0.25, 0.3) is 0 Å². The first-order valence-corrected chi connectivity index (χ1v) is 6.94. The minimum Gasteiger partial charge on any atom is -0.476 e. The number of thiophene rings is 1. The largest absolute Gasteiger partial charge is 0.476 e. The van der Waals surface area contributed by atoms with Crippen LogP contribution < -0.4 is 5.32 Å². The van der Waals surface area contributed by atoms with E-state index in [0.29, 0.717) is 18.7 Å². The van der Waals surface area contributed by atoms with Crippen molar-refractivity contribution >= 4 is 23.2 Å². The van der Waals surface area contributed by atoms with Crippen molar-refractivity contribution in [1.29, 1.82) is 0 Å². The first kappa shape index (κ1) is 14.2. The van der Waals surface area contributed by atoms with Crippen molar-refractivity contribution in [1.82, 2.24) is 20.3 Å². The lowest BCUT2D eigenvalue weighted by atomic mass is 10.2. The van der Waals surface area contributed by atoms with Crippen LogP contribution in [-0.4, -0.2) is 32.0 Å².